The van der Waals surface area contributed by atoms with E-state index >= 15 is 0 Å². The number of benzene rings is 1. The van der Waals surface area contributed by atoms with E-state index in [2.05, 4.69) is 12.2 Å². The van der Waals surface area contributed by atoms with Crippen molar-refractivity contribution in [1.82, 2.24) is 9.80 Å². The zero-order valence-electron chi connectivity index (χ0n) is 15.9. The van der Waals surface area contributed by atoms with E-state index in [4.69, 9.17) is 0 Å². The maximum atomic E-state index is 13.3. The number of fused-ring (bicyclic) bond motifs is 5. The quantitative estimate of drug-likeness (QED) is 0.573. The van der Waals surface area contributed by atoms with Gasteiger partial charge in [0.15, 0.2) is 0 Å². The summed E-state index contributed by atoms with van der Waals surface area (Å²) in [6, 6.07) is 8.89. The van der Waals surface area contributed by atoms with Crippen LogP contribution in [0.15, 0.2) is 42.5 Å². The number of carbonyl (C=O) groups is 3. The first-order valence-electron chi connectivity index (χ1n) is 9.94. The SMILES string of the molecule is CCN(CC)C(=O)[C@H](Cc1ccccc1)N1C(=O)[C@H]2[C@H](C1=O)[C@H]1C=C[C@H]2C1. The molecule has 1 saturated carbocycles. The van der Waals surface area contributed by atoms with Gasteiger partial charge >= 0.3 is 0 Å². The molecule has 142 valence electrons. The summed E-state index contributed by atoms with van der Waals surface area (Å²) >= 11 is 0. The van der Waals surface area contributed by atoms with Crippen molar-refractivity contribution in [2.45, 2.75) is 32.7 Å². The largest absolute Gasteiger partial charge is 0.341 e. The van der Waals surface area contributed by atoms with Gasteiger partial charge in [-0.3, -0.25) is 19.3 Å². The maximum Gasteiger partial charge on any atom is 0.246 e. The molecule has 0 aromatic heterocycles. The first kappa shape index (κ1) is 18.0. The second kappa shape index (κ2) is 6.95. The van der Waals surface area contributed by atoms with Crippen molar-refractivity contribution in [3.8, 4) is 0 Å². The van der Waals surface area contributed by atoms with Crippen molar-refractivity contribution in [3.63, 3.8) is 0 Å². The average molecular weight is 366 g/mol. The van der Waals surface area contributed by atoms with Crippen LogP contribution in [0.4, 0.5) is 0 Å². The zero-order chi connectivity index (χ0) is 19.1. The molecule has 2 bridgehead atoms. The number of hydrogen-bond donors (Lipinski definition) is 0. The van der Waals surface area contributed by atoms with Gasteiger partial charge in [-0.15, -0.1) is 0 Å². The van der Waals surface area contributed by atoms with Crippen LogP contribution in [0, 0.1) is 23.7 Å². The number of imide groups is 1. The standard InChI is InChI=1S/C22H26N2O3/c1-3-23(4-2)20(25)17(12-14-8-6-5-7-9-14)24-21(26)18-15-10-11-16(13-15)19(18)22(24)27/h5-11,15-19H,3-4,12-13H2,1-2H3/t15-,16-,17-,18+,19+/m0/s1. The van der Waals surface area contributed by atoms with E-state index in [1.165, 1.54) is 4.90 Å². The fraction of sp³-hybridized carbons (Fsp3) is 0.500. The first-order chi connectivity index (χ1) is 13.1. The topological polar surface area (TPSA) is 57.7 Å². The highest BCUT2D eigenvalue weighted by Gasteiger charge is 2.61. The number of nitrogens with zero attached hydrogens (tertiary/aromatic N) is 2. The summed E-state index contributed by atoms with van der Waals surface area (Å²) in [4.78, 5) is 42.7. The second-order valence-electron chi connectivity index (χ2n) is 7.76. The van der Waals surface area contributed by atoms with Gasteiger partial charge in [-0.1, -0.05) is 42.5 Å². The summed E-state index contributed by atoms with van der Waals surface area (Å²) in [5, 5.41) is 0. The number of likely N-dealkylation sites (tertiary alicyclic amines) is 1. The van der Waals surface area contributed by atoms with Crippen molar-refractivity contribution < 1.29 is 14.4 Å². The van der Waals surface area contributed by atoms with Gasteiger partial charge in [-0.2, -0.15) is 0 Å². The number of likely N-dealkylation sites (N-methyl/N-ethyl adjacent to an activating group) is 1. The van der Waals surface area contributed by atoms with E-state index in [1.807, 2.05) is 44.2 Å². The van der Waals surface area contributed by atoms with Gasteiger partial charge in [0.1, 0.15) is 6.04 Å². The normalized spacial score (nSPS) is 29.3. The van der Waals surface area contributed by atoms with Crippen LogP contribution in [-0.2, 0) is 20.8 Å². The van der Waals surface area contributed by atoms with E-state index in [0.29, 0.717) is 19.5 Å². The number of rotatable bonds is 6. The van der Waals surface area contributed by atoms with Gasteiger partial charge in [0.2, 0.25) is 17.7 Å². The lowest BCUT2D eigenvalue weighted by molar-refractivity contribution is -0.152. The molecule has 27 heavy (non-hydrogen) atoms. The van der Waals surface area contributed by atoms with Gasteiger partial charge in [0, 0.05) is 19.5 Å². The Labute approximate surface area is 160 Å². The van der Waals surface area contributed by atoms with Crippen LogP contribution in [0.2, 0.25) is 0 Å². The van der Waals surface area contributed by atoms with E-state index < -0.39 is 6.04 Å². The highest BCUT2D eigenvalue weighted by atomic mass is 16.2. The van der Waals surface area contributed by atoms with Crippen molar-refractivity contribution >= 4 is 17.7 Å². The monoisotopic (exact) mass is 366 g/mol. The van der Waals surface area contributed by atoms with E-state index in [-0.39, 0.29) is 41.4 Å². The second-order valence-corrected chi connectivity index (χ2v) is 7.76. The molecule has 0 unspecified atom stereocenters. The highest BCUT2D eigenvalue weighted by Crippen LogP contribution is 2.53. The molecule has 5 heteroatoms. The minimum absolute atomic E-state index is 0.133. The molecule has 1 aromatic carbocycles. The molecule has 5 atom stereocenters. The van der Waals surface area contributed by atoms with Crippen LogP contribution >= 0.6 is 0 Å². The summed E-state index contributed by atoms with van der Waals surface area (Å²) in [6.45, 7) is 4.98. The predicted octanol–water partition coefficient (Wildman–Crippen LogP) is 2.27. The Hall–Kier alpha value is -2.43. The third-order valence-corrected chi connectivity index (χ3v) is 6.45. The third kappa shape index (κ3) is 2.80. The summed E-state index contributed by atoms with van der Waals surface area (Å²) in [7, 11) is 0. The van der Waals surface area contributed by atoms with Crippen molar-refractivity contribution in [2.75, 3.05) is 13.1 Å². The molecule has 1 aromatic rings. The van der Waals surface area contributed by atoms with Crippen molar-refractivity contribution in [1.29, 1.82) is 0 Å². The van der Waals surface area contributed by atoms with Crippen LogP contribution in [0.5, 0.6) is 0 Å². The number of allylic oxidation sites excluding steroid dienone is 2. The van der Waals surface area contributed by atoms with Crippen molar-refractivity contribution in [2.24, 2.45) is 23.7 Å². The lowest BCUT2D eigenvalue weighted by atomic mass is 9.85. The molecule has 1 saturated heterocycles. The summed E-state index contributed by atoms with van der Waals surface area (Å²) < 4.78 is 0. The van der Waals surface area contributed by atoms with Crippen LogP contribution in [0.1, 0.15) is 25.8 Å². The molecule has 2 fully saturated rings. The number of amides is 3. The Morgan fingerprint density at radius 1 is 1.04 bits per heavy atom. The van der Waals surface area contributed by atoms with E-state index in [9.17, 15) is 14.4 Å². The summed E-state index contributed by atoms with van der Waals surface area (Å²) in [5.41, 5.74) is 0.960. The predicted molar refractivity (Wildman–Crippen MR) is 101 cm³/mol. The Bertz CT molecular complexity index is 754. The van der Waals surface area contributed by atoms with Gasteiger partial charge < -0.3 is 4.90 Å². The lowest BCUT2D eigenvalue weighted by Gasteiger charge is -2.31. The van der Waals surface area contributed by atoms with Crippen LogP contribution in [0.3, 0.4) is 0 Å². The Morgan fingerprint density at radius 3 is 2.11 bits per heavy atom. The minimum Gasteiger partial charge on any atom is -0.341 e. The molecule has 0 radical (unpaired) electrons. The third-order valence-electron chi connectivity index (χ3n) is 6.45. The molecule has 1 aliphatic heterocycles. The Balaban J connectivity index is 1.67. The molecule has 0 spiro atoms. The molecule has 5 nitrogen and oxygen atoms in total. The van der Waals surface area contributed by atoms with Crippen LogP contribution in [-0.4, -0.2) is 46.7 Å². The molecular weight excluding hydrogens is 340 g/mol. The van der Waals surface area contributed by atoms with Crippen LogP contribution < -0.4 is 0 Å². The summed E-state index contributed by atoms with van der Waals surface area (Å²) in [6.07, 6.45) is 5.43. The molecule has 3 amide bonds. The fourth-order valence-corrected chi connectivity index (χ4v) is 5.10. The smallest absolute Gasteiger partial charge is 0.246 e. The maximum absolute atomic E-state index is 13.3. The Kier molecular flexibility index (Phi) is 4.62. The van der Waals surface area contributed by atoms with Gasteiger partial charge in [-0.05, 0) is 37.7 Å². The zero-order valence-corrected chi connectivity index (χ0v) is 15.9. The van der Waals surface area contributed by atoms with E-state index in [0.717, 1.165) is 12.0 Å². The number of hydrogen-bond acceptors (Lipinski definition) is 3. The highest BCUT2D eigenvalue weighted by molar-refractivity contribution is 6.09. The van der Waals surface area contributed by atoms with E-state index in [1.54, 1.807) is 4.90 Å². The first-order valence-corrected chi connectivity index (χ1v) is 9.94. The minimum atomic E-state index is -0.753. The average Bonchev–Trinajstić information content (AvgIpc) is 3.36. The molecule has 0 N–H and O–H groups in total. The molecule has 4 rings (SSSR count). The van der Waals surface area contributed by atoms with Crippen LogP contribution in [0.25, 0.3) is 0 Å². The molecular formula is C22H26N2O3. The Morgan fingerprint density at radius 2 is 1.59 bits per heavy atom. The molecule has 3 aliphatic rings. The molecule has 2 aliphatic carbocycles. The summed E-state index contributed by atoms with van der Waals surface area (Å²) in [5.74, 6) is -0.660. The van der Waals surface area contributed by atoms with Gasteiger partial charge in [0.25, 0.3) is 0 Å². The fourth-order valence-electron chi connectivity index (χ4n) is 5.10. The lowest BCUT2D eigenvalue weighted by Crippen LogP contribution is -2.52. The molecule has 1 heterocycles. The van der Waals surface area contributed by atoms with Gasteiger partial charge in [-0.25, -0.2) is 0 Å². The van der Waals surface area contributed by atoms with Gasteiger partial charge in [0.05, 0.1) is 11.8 Å². The number of carbonyl (C=O) groups excluding carboxylic acids is 3. The van der Waals surface area contributed by atoms with Crippen molar-refractivity contribution in [3.05, 3.63) is 48.0 Å².